The molecule has 1 aromatic carbocycles. The molecule has 0 aliphatic carbocycles. The number of alkyl halides is 3. The summed E-state index contributed by atoms with van der Waals surface area (Å²) in [6.45, 7) is 0.480. The molecule has 0 bridgehead atoms. The zero-order valence-corrected chi connectivity index (χ0v) is 12.3. The van der Waals surface area contributed by atoms with Crippen molar-refractivity contribution < 1.29 is 13.2 Å². The third kappa shape index (κ3) is 3.48. The van der Waals surface area contributed by atoms with Crippen LogP contribution in [-0.2, 0) is 19.3 Å². The summed E-state index contributed by atoms with van der Waals surface area (Å²) >= 11 is 0. The lowest BCUT2D eigenvalue weighted by Crippen LogP contribution is -2.20. The van der Waals surface area contributed by atoms with E-state index < -0.39 is 11.7 Å². The molecule has 0 fully saturated rings. The van der Waals surface area contributed by atoms with Gasteiger partial charge in [-0.25, -0.2) is 9.50 Å². The van der Waals surface area contributed by atoms with Gasteiger partial charge in [0.05, 0.1) is 12.1 Å². The van der Waals surface area contributed by atoms with Crippen molar-refractivity contribution in [3.63, 3.8) is 0 Å². The van der Waals surface area contributed by atoms with Gasteiger partial charge in [0, 0.05) is 18.9 Å². The molecule has 3 aromatic rings. The van der Waals surface area contributed by atoms with E-state index in [0.717, 1.165) is 6.07 Å². The first-order valence-corrected chi connectivity index (χ1v) is 6.93. The molecule has 120 valence electrons. The van der Waals surface area contributed by atoms with Crippen LogP contribution in [0.5, 0.6) is 0 Å². The van der Waals surface area contributed by atoms with Crippen molar-refractivity contribution in [2.45, 2.75) is 19.3 Å². The van der Waals surface area contributed by atoms with E-state index in [2.05, 4.69) is 15.1 Å². The van der Waals surface area contributed by atoms with Crippen LogP contribution in [0.3, 0.4) is 0 Å². The molecule has 0 spiro atoms. The third-order valence-corrected chi connectivity index (χ3v) is 3.33. The summed E-state index contributed by atoms with van der Waals surface area (Å²) in [6, 6.07) is 7.30. The lowest BCUT2D eigenvalue weighted by molar-refractivity contribution is -0.138. The van der Waals surface area contributed by atoms with Crippen molar-refractivity contribution in [1.82, 2.24) is 24.5 Å². The molecule has 23 heavy (non-hydrogen) atoms. The van der Waals surface area contributed by atoms with Crippen LogP contribution >= 0.6 is 0 Å². The number of benzene rings is 1. The maximum Gasteiger partial charge on any atom is 0.416 e. The Bertz CT molecular complexity index is 779. The largest absolute Gasteiger partial charge is 0.416 e. The summed E-state index contributed by atoms with van der Waals surface area (Å²) in [5.74, 6) is 0.974. The summed E-state index contributed by atoms with van der Waals surface area (Å²) in [4.78, 5) is 10.0. The molecule has 0 atom stereocenters. The molecule has 2 aromatic heterocycles. The van der Waals surface area contributed by atoms with Crippen molar-refractivity contribution >= 4 is 5.78 Å². The quantitative estimate of drug-likeness (QED) is 0.741. The molecule has 0 saturated carbocycles. The second-order valence-electron chi connectivity index (χ2n) is 5.22. The highest BCUT2D eigenvalue weighted by molar-refractivity contribution is 5.29. The molecular formula is C15H14F3N5. The Morgan fingerprint density at radius 2 is 1.91 bits per heavy atom. The average Bonchev–Trinajstić information content (AvgIpc) is 2.88. The first-order valence-electron chi connectivity index (χ1n) is 6.93. The predicted octanol–water partition coefficient (Wildman–Crippen LogP) is 2.78. The number of fused-ring (bicyclic) bond motifs is 1. The second kappa shape index (κ2) is 5.96. The molecule has 3 rings (SSSR count). The number of hydrogen-bond donors (Lipinski definition) is 0. The Morgan fingerprint density at radius 3 is 2.65 bits per heavy atom. The Hall–Kier alpha value is -2.48. The number of halogens is 3. The highest BCUT2D eigenvalue weighted by atomic mass is 19.4. The van der Waals surface area contributed by atoms with Crippen LogP contribution in [0.15, 0.2) is 42.7 Å². The van der Waals surface area contributed by atoms with E-state index in [1.54, 1.807) is 36.5 Å². The summed E-state index contributed by atoms with van der Waals surface area (Å²) < 4.78 is 40.6. The minimum Gasteiger partial charge on any atom is -0.295 e. The van der Waals surface area contributed by atoms with Gasteiger partial charge in [-0.2, -0.15) is 18.2 Å². The van der Waals surface area contributed by atoms with E-state index in [4.69, 9.17) is 0 Å². The summed E-state index contributed by atoms with van der Waals surface area (Å²) in [6.07, 6.45) is -1.03. The first kappa shape index (κ1) is 15.4. The van der Waals surface area contributed by atoms with Crippen molar-refractivity contribution in [2.75, 3.05) is 7.05 Å². The van der Waals surface area contributed by atoms with Crippen LogP contribution in [0.4, 0.5) is 13.2 Å². The molecule has 0 unspecified atom stereocenters. The number of hydrogen-bond acceptors (Lipinski definition) is 4. The van der Waals surface area contributed by atoms with Crippen LogP contribution in [0.1, 0.15) is 17.0 Å². The molecule has 0 radical (unpaired) electrons. The Morgan fingerprint density at radius 1 is 1.13 bits per heavy atom. The van der Waals surface area contributed by atoms with E-state index >= 15 is 0 Å². The summed E-state index contributed by atoms with van der Waals surface area (Å²) in [5.41, 5.74) is -0.388. The van der Waals surface area contributed by atoms with E-state index in [1.807, 2.05) is 0 Å². The fourth-order valence-corrected chi connectivity index (χ4v) is 2.37. The molecular weight excluding hydrogens is 307 g/mol. The highest BCUT2D eigenvalue weighted by Crippen LogP contribution is 2.32. The second-order valence-corrected chi connectivity index (χ2v) is 5.22. The van der Waals surface area contributed by atoms with Crippen molar-refractivity contribution in [1.29, 1.82) is 0 Å². The van der Waals surface area contributed by atoms with Gasteiger partial charge in [0.15, 0.2) is 5.82 Å². The lowest BCUT2D eigenvalue weighted by Gasteiger charge is -2.18. The van der Waals surface area contributed by atoms with Crippen LogP contribution in [0, 0.1) is 0 Å². The zero-order valence-electron chi connectivity index (χ0n) is 12.3. The van der Waals surface area contributed by atoms with Gasteiger partial charge in [-0.05, 0) is 24.7 Å². The van der Waals surface area contributed by atoms with E-state index in [-0.39, 0.29) is 12.1 Å². The van der Waals surface area contributed by atoms with Gasteiger partial charge < -0.3 is 0 Å². The van der Waals surface area contributed by atoms with E-state index in [9.17, 15) is 13.2 Å². The molecule has 5 nitrogen and oxygen atoms in total. The van der Waals surface area contributed by atoms with Crippen LogP contribution < -0.4 is 0 Å². The average molecular weight is 321 g/mol. The molecule has 0 aliphatic heterocycles. The van der Waals surface area contributed by atoms with Crippen LogP contribution in [0.25, 0.3) is 5.78 Å². The fourth-order valence-electron chi connectivity index (χ4n) is 2.37. The monoisotopic (exact) mass is 321 g/mol. The van der Waals surface area contributed by atoms with Crippen molar-refractivity contribution in [3.8, 4) is 0 Å². The third-order valence-electron chi connectivity index (χ3n) is 3.33. The summed E-state index contributed by atoms with van der Waals surface area (Å²) in [5, 5.41) is 4.24. The molecule has 2 heterocycles. The van der Waals surface area contributed by atoms with Gasteiger partial charge in [0.25, 0.3) is 5.78 Å². The number of rotatable bonds is 4. The van der Waals surface area contributed by atoms with Crippen LogP contribution in [-0.4, -0.2) is 31.5 Å². The fraction of sp³-hybridized carbons (Fsp3) is 0.267. The topological polar surface area (TPSA) is 46.3 Å². The van der Waals surface area contributed by atoms with Gasteiger partial charge >= 0.3 is 6.18 Å². The lowest BCUT2D eigenvalue weighted by atomic mass is 10.1. The van der Waals surface area contributed by atoms with Crippen molar-refractivity contribution in [3.05, 3.63) is 59.7 Å². The molecule has 0 aliphatic rings. The SMILES string of the molecule is CN(Cc1nc2ncccn2n1)Cc1ccccc1C(F)(F)F. The minimum absolute atomic E-state index is 0.151. The van der Waals surface area contributed by atoms with Gasteiger partial charge in [-0.1, -0.05) is 18.2 Å². The zero-order chi connectivity index (χ0) is 16.4. The normalized spacial score (nSPS) is 12.2. The van der Waals surface area contributed by atoms with Crippen molar-refractivity contribution in [2.24, 2.45) is 0 Å². The number of nitrogens with zero attached hydrogens (tertiary/aromatic N) is 5. The standard InChI is InChI=1S/C15H14F3N5/c1-22(9-11-5-2-3-6-12(11)15(16,17)18)10-13-20-14-19-7-4-8-23(14)21-13/h2-8H,9-10H2,1H3. The summed E-state index contributed by atoms with van der Waals surface area (Å²) in [7, 11) is 1.73. The Labute approximate surface area is 130 Å². The molecule has 0 amide bonds. The number of aromatic nitrogens is 4. The predicted molar refractivity (Wildman–Crippen MR) is 77.4 cm³/mol. The maximum absolute atomic E-state index is 13.0. The van der Waals surface area contributed by atoms with Gasteiger partial charge in [-0.15, -0.1) is 5.10 Å². The Kier molecular flexibility index (Phi) is 3.99. The molecule has 0 N–H and O–H groups in total. The van der Waals surface area contributed by atoms with Gasteiger partial charge in [-0.3, -0.25) is 4.90 Å². The molecule has 0 saturated heterocycles. The Balaban J connectivity index is 1.76. The van der Waals surface area contributed by atoms with Gasteiger partial charge in [0.1, 0.15) is 0 Å². The van der Waals surface area contributed by atoms with Gasteiger partial charge in [0.2, 0.25) is 0 Å². The van der Waals surface area contributed by atoms with E-state index in [0.29, 0.717) is 18.1 Å². The maximum atomic E-state index is 13.0. The van der Waals surface area contributed by atoms with E-state index in [1.165, 1.54) is 16.6 Å². The minimum atomic E-state index is -4.36. The molecule has 8 heteroatoms. The van der Waals surface area contributed by atoms with Crippen LogP contribution in [0.2, 0.25) is 0 Å². The smallest absolute Gasteiger partial charge is 0.295 e. The first-order chi connectivity index (χ1) is 10.9. The highest BCUT2D eigenvalue weighted by Gasteiger charge is 2.33.